The third kappa shape index (κ3) is 3.05. The third-order valence-corrected chi connectivity index (χ3v) is 4.11. The highest BCUT2D eigenvalue weighted by Crippen LogP contribution is 2.29. The zero-order chi connectivity index (χ0) is 17.3. The highest BCUT2D eigenvalue weighted by atomic mass is 35.5. The summed E-state index contributed by atoms with van der Waals surface area (Å²) in [6.45, 7) is 3.63. The summed E-state index contributed by atoms with van der Waals surface area (Å²) in [5.74, 6) is 0.0405. The van der Waals surface area contributed by atoms with Gasteiger partial charge in [0.05, 0.1) is 0 Å². The van der Waals surface area contributed by atoms with Crippen LogP contribution in [0.1, 0.15) is 35.0 Å². The third-order valence-electron chi connectivity index (χ3n) is 3.85. The number of fused-ring (bicyclic) bond motifs is 1. The smallest absolute Gasteiger partial charge is 0.228 e. The molecule has 0 bridgehead atoms. The highest BCUT2D eigenvalue weighted by molar-refractivity contribution is 6.30. The van der Waals surface area contributed by atoms with E-state index in [1.165, 1.54) is 0 Å². The maximum Gasteiger partial charge on any atom is 0.228 e. The lowest BCUT2D eigenvalue weighted by molar-refractivity contribution is -0.115. The van der Waals surface area contributed by atoms with Gasteiger partial charge in [0, 0.05) is 33.6 Å². The van der Waals surface area contributed by atoms with Gasteiger partial charge >= 0.3 is 0 Å². The SMILES string of the molecule is CCC(=O)Nc1ccc2oc(C(=O)c3ccc(Cl)cc3)c(C)c2c1. The van der Waals surface area contributed by atoms with Crippen LogP contribution in [0.15, 0.2) is 46.9 Å². The van der Waals surface area contributed by atoms with Gasteiger partial charge in [-0.15, -0.1) is 0 Å². The van der Waals surface area contributed by atoms with Gasteiger partial charge in [0.15, 0.2) is 5.76 Å². The van der Waals surface area contributed by atoms with Gasteiger partial charge in [-0.2, -0.15) is 0 Å². The van der Waals surface area contributed by atoms with Crippen molar-refractivity contribution in [3.8, 4) is 0 Å². The second-order valence-electron chi connectivity index (χ2n) is 5.50. The molecule has 1 amide bonds. The minimum atomic E-state index is -0.195. The van der Waals surface area contributed by atoms with Crippen molar-refractivity contribution < 1.29 is 14.0 Å². The molecular weight excluding hydrogens is 326 g/mol. The number of carbonyl (C=O) groups is 2. The minimum absolute atomic E-state index is 0.0621. The van der Waals surface area contributed by atoms with Gasteiger partial charge in [0.2, 0.25) is 11.7 Å². The summed E-state index contributed by atoms with van der Waals surface area (Å²) in [6.07, 6.45) is 0.405. The van der Waals surface area contributed by atoms with Gasteiger partial charge in [-0.25, -0.2) is 0 Å². The van der Waals surface area contributed by atoms with Crippen LogP contribution in [0, 0.1) is 6.92 Å². The molecule has 1 aromatic heterocycles. The molecule has 24 heavy (non-hydrogen) atoms. The van der Waals surface area contributed by atoms with E-state index in [-0.39, 0.29) is 11.7 Å². The Bertz CT molecular complexity index is 926. The molecule has 5 heteroatoms. The van der Waals surface area contributed by atoms with Gasteiger partial charge < -0.3 is 9.73 Å². The number of anilines is 1. The molecule has 2 aromatic carbocycles. The summed E-state index contributed by atoms with van der Waals surface area (Å²) >= 11 is 5.86. The Morgan fingerprint density at radius 3 is 2.50 bits per heavy atom. The number of hydrogen-bond donors (Lipinski definition) is 1. The van der Waals surface area contributed by atoms with E-state index in [9.17, 15) is 9.59 Å². The lowest BCUT2D eigenvalue weighted by Gasteiger charge is -2.02. The van der Waals surface area contributed by atoms with Crippen LogP contribution < -0.4 is 5.32 Å². The first kappa shape index (κ1) is 16.3. The van der Waals surface area contributed by atoms with Gasteiger partial charge in [0.1, 0.15) is 5.58 Å². The van der Waals surface area contributed by atoms with Crippen LogP contribution in [0.5, 0.6) is 0 Å². The molecule has 0 spiro atoms. The molecule has 0 aliphatic heterocycles. The van der Waals surface area contributed by atoms with Crippen LogP contribution in [-0.2, 0) is 4.79 Å². The van der Waals surface area contributed by atoms with Gasteiger partial charge in [-0.1, -0.05) is 18.5 Å². The fraction of sp³-hybridized carbons (Fsp3) is 0.158. The molecule has 3 rings (SSSR count). The van der Waals surface area contributed by atoms with Crippen molar-refractivity contribution in [3.63, 3.8) is 0 Å². The molecule has 3 aromatic rings. The van der Waals surface area contributed by atoms with Crippen LogP contribution in [0.2, 0.25) is 5.02 Å². The lowest BCUT2D eigenvalue weighted by atomic mass is 10.0. The van der Waals surface area contributed by atoms with E-state index in [1.54, 1.807) is 43.3 Å². The van der Waals surface area contributed by atoms with Gasteiger partial charge in [-0.3, -0.25) is 9.59 Å². The average Bonchev–Trinajstić information content (AvgIpc) is 2.91. The molecule has 0 atom stereocenters. The Kier molecular flexibility index (Phi) is 4.40. The second kappa shape index (κ2) is 6.49. The highest BCUT2D eigenvalue weighted by Gasteiger charge is 2.19. The average molecular weight is 342 g/mol. The summed E-state index contributed by atoms with van der Waals surface area (Å²) in [5.41, 5.74) is 2.56. The van der Waals surface area contributed by atoms with Crippen molar-refractivity contribution >= 4 is 39.9 Å². The van der Waals surface area contributed by atoms with E-state index in [0.717, 1.165) is 10.9 Å². The number of rotatable bonds is 4. The summed E-state index contributed by atoms with van der Waals surface area (Å²) in [5, 5.41) is 4.19. The van der Waals surface area contributed by atoms with Crippen molar-refractivity contribution in [3.05, 3.63) is 64.4 Å². The summed E-state index contributed by atoms with van der Waals surface area (Å²) < 4.78 is 5.74. The predicted octanol–water partition coefficient (Wildman–Crippen LogP) is 4.97. The van der Waals surface area contributed by atoms with Crippen LogP contribution >= 0.6 is 11.6 Å². The van der Waals surface area contributed by atoms with E-state index >= 15 is 0 Å². The molecule has 0 aliphatic rings. The first-order valence-electron chi connectivity index (χ1n) is 7.63. The van der Waals surface area contributed by atoms with E-state index in [4.69, 9.17) is 16.0 Å². The quantitative estimate of drug-likeness (QED) is 0.681. The van der Waals surface area contributed by atoms with E-state index < -0.39 is 0 Å². The molecule has 0 fully saturated rings. The Balaban J connectivity index is 2.00. The zero-order valence-corrected chi connectivity index (χ0v) is 14.1. The number of furan rings is 1. The fourth-order valence-electron chi connectivity index (χ4n) is 2.50. The molecule has 1 N–H and O–H groups in total. The number of nitrogens with one attached hydrogen (secondary N) is 1. The fourth-order valence-corrected chi connectivity index (χ4v) is 2.62. The first-order valence-corrected chi connectivity index (χ1v) is 8.00. The molecular formula is C19H16ClNO3. The number of amides is 1. The van der Waals surface area contributed by atoms with Crippen molar-refractivity contribution in [2.75, 3.05) is 5.32 Å². The maximum absolute atomic E-state index is 12.7. The van der Waals surface area contributed by atoms with Crippen molar-refractivity contribution in [2.24, 2.45) is 0 Å². The van der Waals surface area contributed by atoms with E-state index in [1.807, 2.05) is 13.0 Å². The summed E-state index contributed by atoms with van der Waals surface area (Å²) in [6, 6.07) is 12.0. The number of ketones is 1. The largest absolute Gasteiger partial charge is 0.452 e. The van der Waals surface area contributed by atoms with Gasteiger partial charge in [-0.05, 0) is 49.4 Å². The Labute approximate surface area is 144 Å². The second-order valence-corrected chi connectivity index (χ2v) is 5.94. The first-order chi connectivity index (χ1) is 11.5. The zero-order valence-electron chi connectivity index (χ0n) is 13.4. The topological polar surface area (TPSA) is 59.3 Å². The van der Waals surface area contributed by atoms with Crippen LogP contribution in [0.3, 0.4) is 0 Å². The molecule has 0 unspecified atom stereocenters. The number of aryl methyl sites for hydroxylation is 1. The number of carbonyl (C=O) groups excluding carboxylic acids is 2. The normalized spacial score (nSPS) is 10.8. The van der Waals surface area contributed by atoms with Crippen molar-refractivity contribution in [1.29, 1.82) is 0 Å². The summed E-state index contributed by atoms with van der Waals surface area (Å²) in [7, 11) is 0. The molecule has 122 valence electrons. The maximum atomic E-state index is 12.7. The Morgan fingerprint density at radius 2 is 1.83 bits per heavy atom. The van der Waals surface area contributed by atoms with E-state index in [0.29, 0.717) is 34.0 Å². The van der Waals surface area contributed by atoms with Crippen molar-refractivity contribution in [1.82, 2.24) is 0 Å². The predicted molar refractivity (Wildman–Crippen MR) is 94.8 cm³/mol. The monoisotopic (exact) mass is 341 g/mol. The van der Waals surface area contributed by atoms with Crippen LogP contribution in [0.4, 0.5) is 5.69 Å². The van der Waals surface area contributed by atoms with Crippen LogP contribution in [-0.4, -0.2) is 11.7 Å². The number of halogens is 1. The number of benzene rings is 2. The minimum Gasteiger partial charge on any atom is -0.452 e. The molecule has 0 saturated heterocycles. The molecule has 0 radical (unpaired) electrons. The molecule has 4 nitrogen and oxygen atoms in total. The van der Waals surface area contributed by atoms with Crippen LogP contribution in [0.25, 0.3) is 11.0 Å². The Morgan fingerprint density at radius 1 is 1.12 bits per heavy atom. The standard InChI is InChI=1S/C19H16ClNO3/c1-3-17(22)21-14-8-9-16-15(10-14)11(2)19(24-16)18(23)12-4-6-13(20)7-5-12/h4-10H,3H2,1-2H3,(H,21,22). The van der Waals surface area contributed by atoms with Crippen molar-refractivity contribution in [2.45, 2.75) is 20.3 Å². The van der Waals surface area contributed by atoms with Gasteiger partial charge in [0.25, 0.3) is 0 Å². The molecule has 1 heterocycles. The Hall–Kier alpha value is -2.59. The molecule has 0 aliphatic carbocycles. The van der Waals surface area contributed by atoms with E-state index in [2.05, 4.69) is 5.32 Å². The lowest BCUT2D eigenvalue weighted by Crippen LogP contribution is -2.09. The summed E-state index contributed by atoms with van der Waals surface area (Å²) in [4.78, 5) is 24.2. The molecule has 0 saturated carbocycles. The number of hydrogen-bond acceptors (Lipinski definition) is 3.